The van der Waals surface area contributed by atoms with Crippen molar-refractivity contribution in [3.8, 4) is 11.2 Å². The molecule has 0 aliphatic rings. The van der Waals surface area contributed by atoms with E-state index in [1.165, 1.54) is 11.8 Å². The first-order chi connectivity index (χ1) is 6.74. The molecule has 0 bridgehead atoms. The Labute approximate surface area is 88.6 Å². The number of rotatable bonds is 4. The third-order valence-electron chi connectivity index (χ3n) is 2.16. The summed E-state index contributed by atoms with van der Waals surface area (Å²) < 4.78 is 0. The van der Waals surface area contributed by atoms with Gasteiger partial charge in [-0.3, -0.25) is 0 Å². The summed E-state index contributed by atoms with van der Waals surface area (Å²) in [5, 5.41) is 19.7. The highest BCUT2D eigenvalue weighted by Gasteiger charge is 2.05. The minimum Gasteiger partial charge on any atom is -0.508 e. The second-order valence-electron chi connectivity index (χ2n) is 3.22. The molecule has 1 rings (SSSR count). The first-order valence-corrected chi connectivity index (χ1v) is 5.52. The SMILES string of the molecule is CC(CCSC#N)c1cccc(O)c1. The van der Waals surface area contributed by atoms with Crippen molar-refractivity contribution in [2.45, 2.75) is 19.3 Å². The Kier molecular flexibility index (Phi) is 4.34. The van der Waals surface area contributed by atoms with Gasteiger partial charge in [0.2, 0.25) is 0 Å². The zero-order chi connectivity index (χ0) is 10.4. The van der Waals surface area contributed by atoms with Crippen molar-refractivity contribution >= 4 is 11.8 Å². The summed E-state index contributed by atoms with van der Waals surface area (Å²) in [5.41, 5.74) is 1.13. The Morgan fingerprint density at radius 3 is 3.00 bits per heavy atom. The van der Waals surface area contributed by atoms with Crippen LogP contribution in [0.15, 0.2) is 24.3 Å². The molecular formula is C11H13NOS. The molecule has 0 aromatic heterocycles. The van der Waals surface area contributed by atoms with Gasteiger partial charge in [0.25, 0.3) is 0 Å². The number of hydrogen-bond donors (Lipinski definition) is 1. The van der Waals surface area contributed by atoms with Crippen LogP contribution in [0.3, 0.4) is 0 Å². The van der Waals surface area contributed by atoms with E-state index in [4.69, 9.17) is 5.26 Å². The van der Waals surface area contributed by atoms with Crippen LogP contribution < -0.4 is 0 Å². The fraction of sp³-hybridized carbons (Fsp3) is 0.364. The van der Waals surface area contributed by atoms with E-state index in [1.807, 2.05) is 12.1 Å². The molecule has 0 aliphatic heterocycles. The highest BCUT2D eigenvalue weighted by atomic mass is 32.2. The Morgan fingerprint density at radius 2 is 2.36 bits per heavy atom. The summed E-state index contributed by atoms with van der Waals surface area (Å²) in [6.45, 7) is 2.10. The van der Waals surface area contributed by atoms with E-state index >= 15 is 0 Å². The lowest BCUT2D eigenvalue weighted by Crippen LogP contribution is -1.94. The Morgan fingerprint density at radius 1 is 1.57 bits per heavy atom. The van der Waals surface area contributed by atoms with E-state index in [0.29, 0.717) is 11.7 Å². The van der Waals surface area contributed by atoms with E-state index in [1.54, 1.807) is 12.1 Å². The van der Waals surface area contributed by atoms with E-state index in [9.17, 15) is 5.11 Å². The van der Waals surface area contributed by atoms with Gasteiger partial charge < -0.3 is 5.11 Å². The molecule has 1 N–H and O–H groups in total. The number of aromatic hydroxyl groups is 1. The maximum atomic E-state index is 9.28. The number of phenols is 1. The van der Waals surface area contributed by atoms with E-state index in [-0.39, 0.29) is 0 Å². The highest BCUT2D eigenvalue weighted by molar-refractivity contribution is 8.03. The van der Waals surface area contributed by atoms with Crippen molar-refractivity contribution in [2.75, 3.05) is 5.75 Å². The molecule has 0 fully saturated rings. The Balaban J connectivity index is 2.52. The predicted molar refractivity (Wildman–Crippen MR) is 59.2 cm³/mol. The van der Waals surface area contributed by atoms with Crippen molar-refractivity contribution < 1.29 is 5.11 Å². The molecule has 2 nitrogen and oxygen atoms in total. The smallest absolute Gasteiger partial charge is 0.133 e. The largest absolute Gasteiger partial charge is 0.508 e. The number of nitrogens with zero attached hydrogens (tertiary/aromatic N) is 1. The molecule has 14 heavy (non-hydrogen) atoms. The van der Waals surface area contributed by atoms with Gasteiger partial charge in [0.15, 0.2) is 0 Å². The van der Waals surface area contributed by atoms with E-state index < -0.39 is 0 Å². The summed E-state index contributed by atoms with van der Waals surface area (Å²) in [4.78, 5) is 0. The van der Waals surface area contributed by atoms with Crippen molar-refractivity contribution in [1.29, 1.82) is 5.26 Å². The quantitative estimate of drug-likeness (QED) is 0.609. The maximum Gasteiger partial charge on any atom is 0.133 e. The van der Waals surface area contributed by atoms with Crippen molar-refractivity contribution in [2.24, 2.45) is 0 Å². The molecule has 1 aromatic carbocycles. The zero-order valence-corrected chi connectivity index (χ0v) is 8.92. The van der Waals surface area contributed by atoms with Gasteiger partial charge in [-0.1, -0.05) is 19.1 Å². The summed E-state index contributed by atoms with van der Waals surface area (Å²) in [7, 11) is 0. The lowest BCUT2D eigenvalue weighted by molar-refractivity contribution is 0.473. The molecule has 1 aromatic rings. The molecule has 3 heteroatoms. The summed E-state index contributed by atoms with van der Waals surface area (Å²) in [6, 6.07) is 7.29. The van der Waals surface area contributed by atoms with Crippen LogP contribution in [0.1, 0.15) is 24.8 Å². The second-order valence-corrected chi connectivity index (χ2v) is 4.10. The molecule has 0 spiro atoms. The molecular weight excluding hydrogens is 194 g/mol. The number of benzene rings is 1. The van der Waals surface area contributed by atoms with Crippen molar-refractivity contribution in [1.82, 2.24) is 0 Å². The molecule has 1 unspecified atom stereocenters. The summed E-state index contributed by atoms with van der Waals surface area (Å²) in [5.74, 6) is 1.54. The number of thioether (sulfide) groups is 1. The molecule has 0 saturated heterocycles. The number of phenolic OH excluding ortho intramolecular Hbond substituents is 1. The number of nitriles is 1. The molecule has 74 valence electrons. The van der Waals surface area contributed by atoms with Crippen LogP contribution in [-0.2, 0) is 0 Å². The molecule has 0 aliphatic carbocycles. The molecule has 0 heterocycles. The van der Waals surface area contributed by atoms with Gasteiger partial charge in [-0.05, 0) is 41.8 Å². The van der Waals surface area contributed by atoms with Crippen LogP contribution in [0.5, 0.6) is 5.75 Å². The van der Waals surface area contributed by atoms with Gasteiger partial charge in [-0.25, -0.2) is 0 Å². The topological polar surface area (TPSA) is 44.0 Å². The van der Waals surface area contributed by atoms with Crippen LogP contribution in [0.4, 0.5) is 0 Å². The second kappa shape index (κ2) is 5.56. The van der Waals surface area contributed by atoms with Gasteiger partial charge >= 0.3 is 0 Å². The van der Waals surface area contributed by atoms with E-state index in [2.05, 4.69) is 12.3 Å². The third-order valence-corrected chi connectivity index (χ3v) is 2.73. The lowest BCUT2D eigenvalue weighted by atomic mass is 9.99. The molecule has 0 amide bonds. The number of hydrogen-bond acceptors (Lipinski definition) is 3. The predicted octanol–water partition coefficient (Wildman–Crippen LogP) is 3.10. The Hall–Kier alpha value is -1.14. The highest BCUT2D eigenvalue weighted by Crippen LogP contribution is 2.23. The maximum absolute atomic E-state index is 9.28. The lowest BCUT2D eigenvalue weighted by Gasteiger charge is -2.10. The van der Waals surface area contributed by atoms with Crippen molar-refractivity contribution in [3.05, 3.63) is 29.8 Å². The minimum atomic E-state index is 0.308. The standard InChI is InChI=1S/C11H13NOS/c1-9(5-6-14-8-12)10-3-2-4-11(13)7-10/h2-4,7,9,13H,5-6H2,1H3. The van der Waals surface area contributed by atoms with Gasteiger partial charge in [-0.2, -0.15) is 5.26 Å². The monoisotopic (exact) mass is 207 g/mol. The molecule has 0 saturated carbocycles. The number of thiocyanates is 1. The van der Waals surface area contributed by atoms with E-state index in [0.717, 1.165) is 17.7 Å². The summed E-state index contributed by atoms with van der Waals surface area (Å²) >= 11 is 1.28. The normalized spacial score (nSPS) is 12.0. The van der Waals surface area contributed by atoms with Crippen LogP contribution >= 0.6 is 11.8 Å². The van der Waals surface area contributed by atoms with Crippen molar-refractivity contribution in [3.63, 3.8) is 0 Å². The van der Waals surface area contributed by atoms with Crippen LogP contribution in [-0.4, -0.2) is 10.9 Å². The molecule has 0 radical (unpaired) electrons. The van der Waals surface area contributed by atoms with Gasteiger partial charge in [-0.15, -0.1) is 0 Å². The van der Waals surface area contributed by atoms with Crippen LogP contribution in [0, 0.1) is 10.7 Å². The average molecular weight is 207 g/mol. The van der Waals surface area contributed by atoms with Gasteiger partial charge in [0.05, 0.1) is 0 Å². The first kappa shape index (κ1) is 10.9. The first-order valence-electron chi connectivity index (χ1n) is 4.54. The van der Waals surface area contributed by atoms with Crippen LogP contribution in [0.2, 0.25) is 0 Å². The fourth-order valence-electron chi connectivity index (χ4n) is 1.28. The molecule has 1 atom stereocenters. The van der Waals surface area contributed by atoms with Gasteiger partial charge in [0.1, 0.15) is 11.2 Å². The average Bonchev–Trinajstić information content (AvgIpc) is 2.18. The van der Waals surface area contributed by atoms with Crippen LogP contribution in [0.25, 0.3) is 0 Å². The Bertz CT molecular complexity index is 332. The zero-order valence-electron chi connectivity index (χ0n) is 8.10. The fourth-order valence-corrected chi connectivity index (χ4v) is 1.84. The third kappa shape index (κ3) is 3.31. The summed E-state index contributed by atoms with van der Waals surface area (Å²) in [6.07, 6.45) is 0.960. The van der Waals surface area contributed by atoms with Gasteiger partial charge in [0, 0.05) is 5.75 Å². The minimum absolute atomic E-state index is 0.308.